The number of hydrogen-bond donors (Lipinski definition) is 1. The van der Waals surface area contributed by atoms with Gasteiger partial charge in [-0.3, -0.25) is 9.48 Å². The van der Waals surface area contributed by atoms with E-state index in [4.69, 9.17) is 0 Å². The molecule has 2 aromatic heterocycles. The molecule has 0 aliphatic rings. The molecule has 0 fully saturated rings. The van der Waals surface area contributed by atoms with Gasteiger partial charge >= 0.3 is 0 Å². The summed E-state index contributed by atoms with van der Waals surface area (Å²) in [4.78, 5) is 12.4. The molecule has 0 saturated carbocycles. The first kappa shape index (κ1) is 19.6. The molecule has 2 heterocycles. The topological polar surface area (TPSA) is 64.7 Å². The van der Waals surface area contributed by atoms with Crippen molar-refractivity contribution in [1.82, 2.24) is 24.9 Å². The fourth-order valence-corrected chi connectivity index (χ4v) is 3.38. The zero-order chi connectivity index (χ0) is 20.8. The largest absolute Gasteiger partial charge is 0.352 e. The molecule has 152 valence electrons. The smallest absolute Gasteiger partial charge is 0.251 e. The fraction of sp³-hybridized carbons (Fsp3) is 0.208. The van der Waals surface area contributed by atoms with E-state index in [9.17, 15) is 4.79 Å². The van der Waals surface area contributed by atoms with Crippen LogP contribution < -0.4 is 5.32 Å². The van der Waals surface area contributed by atoms with Crippen LogP contribution in [0.1, 0.15) is 33.6 Å². The highest BCUT2D eigenvalue weighted by Gasteiger charge is 2.08. The maximum Gasteiger partial charge on any atom is 0.251 e. The van der Waals surface area contributed by atoms with Gasteiger partial charge in [-0.25, -0.2) is 4.68 Å². The van der Waals surface area contributed by atoms with Crippen molar-refractivity contribution in [2.24, 2.45) is 0 Å². The number of aromatic nitrogens is 4. The molecule has 0 aliphatic heterocycles. The van der Waals surface area contributed by atoms with Crippen molar-refractivity contribution in [2.45, 2.75) is 26.3 Å². The summed E-state index contributed by atoms with van der Waals surface area (Å²) in [5.41, 5.74) is 5.07. The summed E-state index contributed by atoms with van der Waals surface area (Å²) in [5, 5.41) is 11.8. The van der Waals surface area contributed by atoms with Crippen LogP contribution in [0.4, 0.5) is 0 Å². The second-order valence-corrected chi connectivity index (χ2v) is 7.28. The minimum Gasteiger partial charge on any atom is -0.352 e. The maximum absolute atomic E-state index is 12.4. The zero-order valence-electron chi connectivity index (χ0n) is 17.0. The van der Waals surface area contributed by atoms with Crippen LogP contribution in [0.15, 0.2) is 79.3 Å². The first-order valence-corrected chi connectivity index (χ1v) is 10.1. The van der Waals surface area contributed by atoms with Crippen molar-refractivity contribution in [3.8, 4) is 5.69 Å². The highest BCUT2D eigenvalue weighted by atomic mass is 16.1. The van der Waals surface area contributed by atoms with Crippen molar-refractivity contribution in [3.63, 3.8) is 0 Å². The number of benzene rings is 2. The van der Waals surface area contributed by atoms with Gasteiger partial charge in [0.25, 0.3) is 5.91 Å². The van der Waals surface area contributed by atoms with Gasteiger partial charge in [-0.05, 0) is 61.2 Å². The normalized spacial score (nSPS) is 10.8. The van der Waals surface area contributed by atoms with Crippen LogP contribution in [-0.4, -0.2) is 32.0 Å². The minimum absolute atomic E-state index is 0.0441. The summed E-state index contributed by atoms with van der Waals surface area (Å²) in [6.45, 7) is 3.35. The number of amides is 1. The molecule has 6 heteroatoms. The van der Waals surface area contributed by atoms with Crippen LogP contribution >= 0.6 is 0 Å². The molecule has 1 amide bonds. The summed E-state index contributed by atoms with van der Waals surface area (Å²) in [6.07, 6.45) is 7.50. The summed E-state index contributed by atoms with van der Waals surface area (Å²) in [6, 6.07) is 19.6. The average Bonchev–Trinajstić information content (AvgIpc) is 3.42. The van der Waals surface area contributed by atoms with Gasteiger partial charge in [0.15, 0.2) is 0 Å². The quantitative estimate of drug-likeness (QED) is 0.459. The van der Waals surface area contributed by atoms with Crippen molar-refractivity contribution in [2.75, 3.05) is 6.54 Å². The lowest BCUT2D eigenvalue weighted by Gasteiger charge is -2.07. The summed E-state index contributed by atoms with van der Waals surface area (Å²) < 4.78 is 3.77. The predicted octanol–water partition coefficient (Wildman–Crippen LogP) is 3.79. The number of para-hydroxylation sites is 1. The second kappa shape index (κ2) is 9.22. The maximum atomic E-state index is 12.4. The third-order valence-corrected chi connectivity index (χ3v) is 5.05. The lowest BCUT2D eigenvalue weighted by atomic mass is 10.1. The number of carbonyl (C=O) groups excluding carboxylic acids is 1. The van der Waals surface area contributed by atoms with Gasteiger partial charge < -0.3 is 5.32 Å². The van der Waals surface area contributed by atoms with E-state index in [1.165, 1.54) is 5.56 Å². The van der Waals surface area contributed by atoms with E-state index in [-0.39, 0.29) is 5.91 Å². The van der Waals surface area contributed by atoms with E-state index in [1.807, 2.05) is 83.1 Å². The molecule has 0 bridgehead atoms. The number of nitrogens with one attached hydrogen (secondary N) is 1. The summed E-state index contributed by atoms with van der Waals surface area (Å²) in [7, 11) is 0. The molecule has 0 unspecified atom stereocenters. The molecule has 1 N–H and O–H groups in total. The third-order valence-electron chi connectivity index (χ3n) is 5.05. The number of nitrogens with zero attached hydrogens (tertiary/aromatic N) is 4. The van der Waals surface area contributed by atoms with Gasteiger partial charge in [0, 0.05) is 30.7 Å². The molecule has 0 spiro atoms. The van der Waals surface area contributed by atoms with Gasteiger partial charge in [-0.1, -0.05) is 30.3 Å². The number of rotatable bonds is 8. The van der Waals surface area contributed by atoms with Gasteiger partial charge in [-0.2, -0.15) is 10.2 Å². The van der Waals surface area contributed by atoms with Crippen LogP contribution in [0.5, 0.6) is 0 Å². The zero-order valence-corrected chi connectivity index (χ0v) is 17.0. The van der Waals surface area contributed by atoms with Crippen LogP contribution in [0, 0.1) is 6.92 Å². The van der Waals surface area contributed by atoms with E-state index >= 15 is 0 Å². The van der Waals surface area contributed by atoms with Gasteiger partial charge in [0.2, 0.25) is 0 Å². The van der Waals surface area contributed by atoms with E-state index in [0.29, 0.717) is 18.7 Å². The van der Waals surface area contributed by atoms with Crippen molar-refractivity contribution >= 4 is 5.91 Å². The Morgan fingerprint density at radius 3 is 2.57 bits per heavy atom. The molecule has 0 radical (unpaired) electrons. The van der Waals surface area contributed by atoms with E-state index in [1.54, 1.807) is 6.20 Å². The first-order chi connectivity index (χ1) is 14.7. The molecule has 0 saturated heterocycles. The van der Waals surface area contributed by atoms with Crippen LogP contribution in [0.3, 0.4) is 0 Å². The first-order valence-electron chi connectivity index (χ1n) is 10.1. The molecule has 30 heavy (non-hydrogen) atoms. The molecule has 4 aromatic rings. The van der Waals surface area contributed by atoms with E-state index < -0.39 is 0 Å². The number of hydrogen-bond acceptors (Lipinski definition) is 3. The molecule has 4 rings (SSSR count). The SMILES string of the molecule is Cc1nn(-c2ccccc2)cc1CCCNC(=O)c1ccc(Cn2cccn2)cc1. The van der Waals surface area contributed by atoms with E-state index in [2.05, 4.69) is 21.7 Å². The van der Waals surface area contributed by atoms with Gasteiger partial charge in [0.1, 0.15) is 0 Å². The molecule has 2 aromatic carbocycles. The van der Waals surface area contributed by atoms with E-state index in [0.717, 1.165) is 29.8 Å². The molecular formula is C24H25N5O. The Bertz CT molecular complexity index is 1080. The number of aryl methyl sites for hydroxylation is 2. The lowest BCUT2D eigenvalue weighted by Crippen LogP contribution is -2.24. The van der Waals surface area contributed by atoms with Gasteiger partial charge in [0.05, 0.1) is 17.9 Å². The Labute approximate surface area is 176 Å². The van der Waals surface area contributed by atoms with Gasteiger partial charge in [-0.15, -0.1) is 0 Å². The monoisotopic (exact) mass is 399 g/mol. The average molecular weight is 399 g/mol. The van der Waals surface area contributed by atoms with Crippen LogP contribution in [-0.2, 0) is 13.0 Å². The Balaban J connectivity index is 1.25. The molecule has 6 nitrogen and oxygen atoms in total. The van der Waals surface area contributed by atoms with Crippen molar-refractivity contribution in [1.29, 1.82) is 0 Å². The summed E-state index contributed by atoms with van der Waals surface area (Å²) in [5.74, 6) is -0.0441. The lowest BCUT2D eigenvalue weighted by molar-refractivity contribution is 0.0953. The number of carbonyl (C=O) groups is 1. The molecular weight excluding hydrogens is 374 g/mol. The van der Waals surface area contributed by atoms with Crippen molar-refractivity contribution in [3.05, 3.63) is 102 Å². The highest BCUT2D eigenvalue weighted by Crippen LogP contribution is 2.13. The Hall–Kier alpha value is -3.67. The Morgan fingerprint density at radius 2 is 1.83 bits per heavy atom. The van der Waals surface area contributed by atoms with Crippen LogP contribution in [0.2, 0.25) is 0 Å². The molecule has 0 atom stereocenters. The molecule has 0 aliphatic carbocycles. The summed E-state index contributed by atoms with van der Waals surface area (Å²) >= 11 is 0. The Kier molecular flexibility index (Phi) is 6.03. The second-order valence-electron chi connectivity index (χ2n) is 7.28. The minimum atomic E-state index is -0.0441. The third kappa shape index (κ3) is 4.84. The predicted molar refractivity (Wildman–Crippen MR) is 117 cm³/mol. The van der Waals surface area contributed by atoms with Crippen LogP contribution in [0.25, 0.3) is 5.69 Å². The standard InChI is InChI=1S/C24H25N5O/c1-19-22(18-29(27-19)23-8-3-2-4-9-23)7-5-14-25-24(30)21-12-10-20(11-13-21)17-28-16-6-15-26-28/h2-4,6,8-13,15-16,18H,5,7,14,17H2,1H3,(H,25,30). The fourth-order valence-electron chi connectivity index (χ4n) is 3.38. The Morgan fingerprint density at radius 1 is 1.03 bits per heavy atom. The van der Waals surface area contributed by atoms with Crippen molar-refractivity contribution < 1.29 is 4.79 Å². The highest BCUT2D eigenvalue weighted by molar-refractivity contribution is 5.94.